The summed E-state index contributed by atoms with van der Waals surface area (Å²) in [7, 11) is 0. The van der Waals surface area contributed by atoms with Gasteiger partial charge in [-0.3, -0.25) is 0 Å². The van der Waals surface area contributed by atoms with Gasteiger partial charge in [0, 0.05) is 29.9 Å². The second kappa shape index (κ2) is 8.97. The zero-order chi connectivity index (χ0) is 12.5. The summed E-state index contributed by atoms with van der Waals surface area (Å²) in [4.78, 5) is 0. The lowest BCUT2D eigenvalue weighted by Crippen LogP contribution is -2.17. The number of aliphatic hydroxyl groups is 1. The zero-order valence-electron chi connectivity index (χ0n) is 10.2. The fourth-order valence-corrected chi connectivity index (χ4v) is 2.89. The molecule has 2 N–H and O–H groups in total. The van der Waals surface area contributed by atoms with Crippen molar-refractivity contribution in [3.8, 4) is 0 Å². The lowest BCUT2D eigenvalue weighted by Gasteiger charge is -2.07. The first-order valence-corrected chi connectivity index (χ1v) is 7.83. The van der Waals surface area contributed by atoms with Crippen LogP contribution >= 0.6 is 27.7 Å². The number of halogens is 1. The third kappa shape index (κ3) is 6.46. The maximum absolute atomic E-state index is 8.64. The zero-order valence-corrected chi connectivity index (χ0v) is 12.6. The molecule has 96 valence electrons. The average molecular weight is 318 g/mol. The van der Waals surface area contributed by atoms with Crippen LogP contribution in [0.15, 0.2) is 22.7 Å². The van der Waals surface area contributed by atoms with Gasteiger partial charge in [0.2, 0.25) is 0 Å². The van der Waals surface area contributed by atoms with Crippen molar-refractivity contribution in [1.29, 1.82) is 0 Å². The molecule has 0 aliphatic heterocycles. The first-order valence-electron chi connectivity index (χ1n) is 5.88. The molecule has 0 amide bonds. The van der Waals surface area contributed by atoms with Crippen molar-refractivity contribution in [1.82, 2.24) is 5.32 Å². The summed E-state index contributed by atoms with van der Waals surface area (Å²) in [6, 6.07) is 6.44. The van der Waals surface area contributed by atoms with Crippen LogP contribution in [-0.2, 0) is 6.54 Å². The Morgan fingerprint density at radius 3 is 2.88 bits per heavy atom. The van der Waals surface area contributed by atoms with Gasteiger partial charge in [-0.25, -0.2) is 0 Å². The Kier molecular flexibility index (Phi) is 7.93. The summed E-state index contributed by atoms with van der Waals surface area (Å²) < 4.78 is 1.18. The summed E-state index contributed by atoms with van der Waals surface area (Å²) in [5.41, 5.74) is 2.58. The minimum atomic E-state index is 0.302. The molecule has 0 unspecified atom stereocenters. The van der Waals surface area contributed by atoms with Crippen molar-refractivity contribution in [3.63, 3.8) is 0 Å². The molecule has 4 heteroatoms. The third-order valence-electron chi connectivity index (χ3n) is 2.39. The van der Waals surface area contributed by atoms with Gasteiger partial charge in [-0.15, -0.1) is 0 Å². The quantitative estimate of drug-likeness (QED) is 0.723. The van der Waals surface area contributed by atoms with E-state index in [1.165, 1.54) is 15.6 Å². The Labute approximate surface area is 116 Å². The third-order valence-corrected chi connectivity index (χ3v) is 4.20. The molecule has 0 bridgehead atoms. The molecule has 0 spiro atoms. The van der Waals surface area contributed by atoms with Crippen molar-refractivity contribution in [2.45, 2.75) is 19.9 Å². The fraction of sp³-hybridized carbons (Fsp3) is 0.538. The molecular weight excluding hydrogens is 298 g/mol. The monoisotopic (exact) mass is 317 g/mol. The van der Waals surface area contributed by atoms with Crippen molar-refractivity contribution in [3.05, 3.63) is 33.8 Å². The molecule has 0 fully saturated rings. The van der Waals surface area contributed by atoms with Gasteiger partial charge < -0.3 is 10.4 Å². The van der Waals surface area contributed by atoms with Crippen LogP contribution in [0.2, 0.25) is 0 Å². The molecular formula is C13H20BrNOS. The number of hydrogen-bond donors (Lipinski definition) is 2. The molecule has 0 saturated heterocycles. The predicted molar refractivity (Wildman–Crippen MR) is 79.6 cm³/mol. The molecule has 1 aromatic rings. The molecule has 0 aromatic heterocycles. The highest BCUT2D eigenvalue weighted by atomic mass is 79.9. The van der Waals surface area contributed by atoms with Crippen LogP contribution in [0.1, 0.15) is 17.5 Å². The van der Waals surface area contributed by atoms with E-state index >= 15 is 0 Å². The Morgan fingerprint density at radius 2 is 2.18 bits per heavy atom. The highest BCUT2D eigenvalue weighted by molar-refractivity contribution is 9.10. The van der Waals surface area contributed by atoms with E-state index < -0.39 is 0 Å². The number of aliphatic hydroxyl groups excluding tert-OH is 1. The van der Waals surface area contributed by atoms with Gasteiger partial charge in [-0.2, -0.15) is 11.8 Å². The van der Waals surface area contributed by atoms with E-state index in [2.05, 4.69) is 46.4 Å². The normalized spacial score (nSPS) is 10.8. The van der Waals surface area contributed by atoms with Crippen LogP contribution in [0.5, 0.6) is 0 Å². The number of benzene rings is 1. The van der Waals surface area contributed by atoms with E-state index in [0.717, 1.165) is 31.0 Å². The van der Waals surface area contributed by atoms with Gasteiger partial charge >= 0.3 is 0 Å². The van der Waals surface area contributed by atoms with E-state index in [1.807, 2.05) is 11.8 Å². The number of hydrogen-bond acceptors (Lipinski definition) is 3. The smallest absolute Gasteiger partial charge is 0.0438 e. The number of thioether (sulfide) groups is 1. The second-order valence-electron chi connectivity index (χ2n) is 3.96. The van der Waals surface area contributed by atoms with Crippen LogP contribution in [0.3, 0.4) is 0 Å². The van der Waals surface area contributed by atoms with Crippen LogP contribution in [0.25, 0.3) is 0 Å². The topological polar surface area (TPSA) is 32.3 Å². The molecule has 1 rings (SSSR count). The lowest BCUT2D eigenvalue weighted by atomic mass is 10.1. The molecule has 0 heterocycles. The van der Waals surface area contributed by atoms with Gasteiger partial charge in [-0.05, 0) is 36.3 Å². The van der Waals surface area contributed by atoms with Gasteiger partial charge in [0.05, 0.1) is 0 Å². The van der Waals surface area contributed by atoms with Crippen molar-refractivity contribution in [2.24, 2.45) is 0 Å². The van der Waals surface area contributed by atoms with Gasteiger partial charge in [0.25, 0.3) is 0 Å². The maximum Gasteiger partial charge on any atom is 0.0438 e. The Hall–Kier alpha value is -0.0300. The minimum absolute atomic E-state index is 0.302. The first-order chi connectivity index (χ1) is 8.24. The van der Waals surface area contributed by atoms with Crippen molar-refractivity contribution >= 4 is 27.7 Å². The number of rotatable bonds is 8. The summed E-state index contributed by atoms with van der Waals surface area (Å²) in [6.45, 7) is 4.31. The van der Waals surface area contributed by atoms with E-state index in [4.69, 9.17) is 5.11 Å². The van der Waals surface area contributed by atoms with Crippen LogP contribution in [-0.4, -0.2) is 29.8 Å². The summed E-state index contributed by atoms with van der Waals surface area (Å²) in [5, 5.41) is 12.1. The molecule has 17 heavy (non-hydrogen) atoms. The van der Waals surface area contributed by atoms with E-state index in [1.54, 1.807) is 0 Å². The van der Waals surface area contributed by atoms with Crippen LogP contribution in [0.4, 0.5) is 0 Å². The molecule has 2 nitrogen and oxygen atoms in total. The molecule has 0 aliphatic rings. The molecule has 0 atom stereocenters. The van der Waals surface area contributed by atoms with Gasteiger partial charge in [-0.1, -0.05) is 28.1 Å². The molecule has 0 saturated carbocycles. The fourth-order valence-electron chi connectivity index (χ4n) is 1.43. The van der Waals surface area contributed by atoms with Crippen LogP contribution in [0, 0.1) is 6.92 Å². The van der Waals surface area contributed by atoms with E-state index in [0.29, 0.717) is 6.61 Å². The lowest BCUT2D eigenvalue weighted by molar-refractivity contribution is 0.296. The van der Waals surface area contributed by atoms with E-state index in [-0.39, 0.29) is 0 Å². The maximum atomic E-state index is 8.64. The number of nitrogens with one attached hydrogen (secondary N) is 1. The SMILES string of the molecule is Cc1ccc(CNCCSCCCO)c(Br)c1. The number of aryl methyl sites for hydroxylation is 1. The van der Waals surface area contributed by atoms with Crippen molar-refractivity contribution < 1.29 is 5.11 Å². The van der Waals surface area contributed by atoms with Gasteiger partial charge in [0.15, 0.2) is 0 Å². The Morgan fingerprint density at radius 1 is 1.35 bits per heavy atom. The Balaban J connectivity index is 2.14. The second-order valence-corrected chi connectivity index (χ2v) is 6.04. The highest BCUT2D eigenvalue weighted by Gasteiger charge is 1.99. The summed E-state index contributed by atoms with van der Waals surface area (Å²) >= 11 is 5.46. The largest absolute Gasteiger partial charge is 0.396 e. The predicted octanol–water partition coefficient (Wildman–Crippen LogP) is 2.96. The summed E-state index contributed by atoms with van der Waals surface area (Å²) in [5.74, 6) is 2.15. The molecule has 0 radical (unpaired) electrons. The van der Waals surface area contributed by atoms with E-state index in [9.17, 15) is 0 Å². The first kappa shape index (κ1) is 15.0. The standard InChI is InChI=1S/C13H20BrNOS/c1-11-3-4-12(13(14)9-11)10-15-5-8-17-7-2-6-16/h3-4,9,15-16H,2,5-8,10H2,1H3. The molecule has 0 aliphatic carbocycles. The minimum Gasteiger partial charge on any atom is -0.396 e. The molecule has 1 aromatic carbocycles. The Bertz CT molecular complexity index is 333. The summed E-state index contributed by atoms with van der Waals surface area (Å²) in [6.07, 6.45) is 0.897. The van der Waals surface area contributed by atoms with Gasteiger partial charge in [0.1, 0.15) is 0 Å². The van der Waals surface area contributed by atoms with Crippen LogP contribution < -0.4 is 5.32 Å². The average Bonchev–Trinajstić information content (AvgIpc) is 2.30. The van der Waals surface area contributed by atoms with Crippen molar-refractivity contribution in [2.75, 3.05) is 24.7 Å². The highest BCUT2D eigenvalue weighted by Crippen LogP contribution is 2.17.